The first-order chi connectivity index (χ1) is 9.88. The van der Waals surface area contributed by atoms with Crippen LogP contribution in [-0.2, 0) is 11.4 Å². The third kappa shape index (κ3) is 4.30. The Morgan fingerprint density at radius 1 is 1.19 bits per heavy atom. The molecule has 2 aromatic rings. The number of aromatic nitrogens is 1. The lowest BCUT2D eigenvalue weighted by atomic mass is 10.0. The van der Waals surface area contributed by atoms with Gasteiger partial charge in [-0.1, -0.05) is 34.2 Å². The van der Waals surface area contributed by atoms with Crippen LogP contribution in [0.1, 0.15) is 26.5 Å². The van der Waals surface area contributed by atoms with Crippen molar-refractivity contribution in [2.45, 2.75) is 25.5 Å². The van der Waals surface area contributed by atoms with Crippen molar-refractivity contribution in [3.05, 3.63) is 53.3 Å². The zero-order chi connectivity index (χ0) is 15.5. The van der Waals surface area contributed by atoms with Crippen LogP contribution in [0.4, 0.5) is 0 Å². The maximum Gasteiger partial charge on any atom is 0.144 e. The summed E-state index contributed by atoms with van der Waals surface area (Å²) in [6, 6.07) is 11.3. The average molecular weight is 321 g/mol. The monoisotopic (exact) mass is 320 g/mol. The van der Waals surface area contributed by atoms with E-state index in [1.165, 1.54) is 0 Å². The summed E-state index contributed by atoms with van der Waals surface area (Å²) >= 11 is 4.61. The third-order valence-electron chi connectivity index (χ3n) is 2.79. The van der Waals surface area contributed by atoms with Crippen LogP contribution >= 0.6 is 11.6 Å². The molecule has 2 rings (SSSR count). The first-order valence-corrected chi connectivity index (χ1v) is 8.03. The van der Waals surface area contributed by atoms with Crippen LogP contribution in [-0.4, -0.2) is 20.5 Å². The molecule has 3 nitrogen and oxygen atoms in total. The van der Waals surface area contributed by atoms with Gasteiger partial charge in [0.05, 0.1) is 5.69 Å². The summed E-state index contributed by atoms with van der Waals surface area (Å²) in [6.07, 6.45) is 3.27. The van der Waals surface area contributed by atoms with E-state index in [9.17, 15) is 4.55 Å². The second kappa shape index (κ2) is 6.60. The quantitative estimate of drug-likeness (QED) is 0.626. The minimum absolute atomic E-state index is 0.383. The van der Waals surface area contributed by atoms with Crippen molar-refractivity contribution in [1.29, 1.82) is 0 Å². The smallest absolute Gasteiger partial charge is 0.144 e. The topological polar surface area (TPSA) is 48.3 Å². The van der Waals surface area contributed by atoms with E-state index >= 15 is 0 Å². The molecule has 0 N–H and O–H groups in total. The number of nitrogens with zero attached hydrogens (tertiary/aromatic N) is 2. The average Bonchev–Trinajstić information content (AvgIpc) is 2.45. The fraction of sp³-hybridized carbons (Fsp3) is 0.250. The zero-order valence-corrected chi connectivity index (χ0v) is 13.8. The first-order valence-electron chi connectivity index (χ1n) is 6.55. The van der Waals surface area contributed by atoms with Gasteiger partial charge in [-0.25, -0.2) is 0 Å². The van der Waals surface area contributed by atoms with E-state index in [0.29, 0.717) is 10.7 Å². The van der Waals surface area contributed by atoms with Crippen LogP contribution in [0, 0.1) is 0 Å². The number of hydrogen-bond donors (Lipinski definition) is 0. The van der Waals surface area contributed by atoms with E-state index in [-0.39, 0.29) is 4.75 Å². The molecule has 1 aromatic carbocycles. The lowest BCUT2D eigenvalue weighted by Gasteiger charge is -2.17. The van der Waals surface area contributed by atoms with Gasteiger partial charge in [-0.05, 0) is 44.5 Å². The Morgan fingerprint density at radius 3 is 2.48 bits per heavy atom. The van der Waals surface area contributed by atoms with Crippen LogP contribution in [0.15, 0.2) is 47.0 Å². The Bertz CT molecular complexity index is 635. The third-order valence-corrected chi connectivity index (χ3v) is 4.38. The highest BCUT2D eigenvalue weighted by atomic mass is 35.5. The summed E-state index contributed by atoms with van der Waals surface area (Å²) in [5.41, 5.74) is 2.62. The second-order valence-corrected chi connectivity index (χ2v) is 7.91. The van der Waals surface area contributed by atoms with E-state index in [1.54, 1.807) is 12.4 Å². The molecule has 0 spiro atoms. The number of halogens is 1. The Morgan fingerprint density at radius 2 is 1.86 bits per heavy atom. The highest BCUT2D eigenvalue weighted by molar-refractivity contribution is 7.91. The summed E-state index contributed by atoms with van der Waals surface area (Å²) < 4.78 is 15.7. The molecule has 0 aliphatic heterocycles. The second-order valence-electron chi connectivity index (χ2n) is 5.54. The Balaban J connectivity index is 2.34. The van der Waals surface area contributed by atoms with Crippen LogP contribution in [0.3, 0.4) is 0 Å². The molecule has 5 heteroatoms. The molecule has 0 aliphatic carbocycles. The maximum absolute atomic E-state index is 12.0. The van der Waals surface area contributed by atoms with Gasteiger partial charge in [0.1, 0.15) is 22.3 Å². The van der Waals surface area contributed by atoms with Gasteiger partial charge in [0.2, 0.25) is 0 Å². The van der Waals surface area contributed by atoms with Gasteiger partial charge in [-0.15, -0.1) is 0 Å². The normalized spacial score (nSPS) is 13.6. The van der Waals surface area contributed by atoms with Crippen LogP contribution < -0.4 is 0 Å². The van der Waals surface area contributed by atoms with Crippen molar-refractivity contribution in [3.8, 4) is 11.1 Å². The van der Waals surface area contributed by atoms with E-state index in [4.69, 9.17) is 11.6 Å². The molecular formula is C16H17ClN2OS. The molecular weight excluding hydrogens is 304 g/mol. The molecule has 1 aromatic heterocycles. The number of benzene rings is 1. The first kappa shape index (κ1) is 16.0. The Kier molecular flexibility index (Phi) is 5.04. The van der Waals surface area contributed by atoms with E-state index < -0.39 is 11.4 Å². The lowest BCUT2D eigenvalue weighted by molar-refractivity contribution is 0.562. The van der Waals surface area contributed by atoms with Gasteiger partial charge in [0.25, 0.3) is 0 Å². The molecule has 0 bridgehead atoms. The van der Waals surface area contributed by atoms with Crippen molar-refractivity contribution in [3.63, 3.8) is 0 Å². The largest absolute Gasteiger partial charge is 0.591 e. The van der Waals surface area contributed by atoms with Crippen molar-refractivity contribution in [2.24, 2.45) is 4.40 Å². The number of pyridine rings is 1. The maximum atomic E-state index is 12.0. The molecule has 0 saturated carbocycles. The molecule has 0 aliphatic rings. The zero-order valence-electron chi connectivity index (χ0n) is 12.2. The van der Waals surface area contributed by atoms with Crippen molar-refractivity contribution in [1.82, 2.24) is 4.98 Å². The lowest BCUT2D eigenvalue weighted by Crippen LogP contribution is -2.25. The van der Waals surface area contributed by atoms with Gasteiger partial charge in [0, 0.05) is 16.8 Å². The molecule has 1 heterocycles. The summed E-state index contributed by atoms with van der Waals surface area (Å²) in [5, 5.41) is 0.687. The predicted molar refractivity (Wildman–Crippen MR) is 90.2 cm³/mol. The van der Waals surface area contributed by atoms with Crippen molar-refractivity contribution >= 4 is 29.2 Å². The number of hydrogen-bond acceptors (Lipinski definition) is 3. The van der Waals surface area contributed by atoms with Crippen molar-refractivity contribution in [2.75, 3.05) is 0 Å². The summed E-state index contributed by atoms with van der Waals surface area (Å²) in [5.74, 6) is 0. The predicted octanol–water partition coefficient (Wildman–Crippen LogP) is 4.28. The van der Waals surface area contributed by atoms with E-state index in [2.05, 4.69) is 9.38 Å². The molecule has 110 valence electrons. The van der Waals surface area contributed by atoms with Gasteiger partial charge in [0.15, 0.2) is 0 Å². The summed E-state index contributed by atoms with van der Waals surface area (Å²) in [7, 11) is 0. The molecule has 0 amide bonds. The molecule has 1 unspecified atom stereocenters. The van der Waals surface area contributed by atoms with Gasteiger partial charge >= 0.3 is 0 Å². The molecule has 0 fully saturated rings. The van der Waals surface area contributed by atoms with Crippen LogP contribution in [0.5, 0.6) is 0 Å². The van der Waals surface area contributed by atoms with Crippen LogP contribution in [0.2, 0.25) is 5.02 Å². The molecule has 21 heavy (non-hydrogen) atoms. The minimum Gasteiger partial charge on any atom is -0.591 e. The van der Waals surface area contributed by atoms with Gasteiger partial charge in [-0.2, -0.15) is 0 Å². The number of rotatable bonds is 3. The standard InChI is InChI=1S/C16H17ClN2OS/c1-16(2,3)21(20)19-11-15-14(5-4-10-18-15)12-6-8-13(17)9-7-12/h4-11H,1-3H3. The fourth-order valence-corrected chi connectivity index (χ4v) is 2.29. The van der Waals surface area contributed by atoms with Gasteiger partial charge < -0.3 is 4.55 Å². The Labute approximate surface area is 133 Å². The van der Waals surface area contributed by atoms with E-state index in [0.717, 1.165) is 11.1 Å². The van der Waals surface area contributed by atoms with E-state index in [1.807, 2.05) is 57.2 Å². The molecule has 0 saturated heterocycles. The van der Waals surface area contributed by atoms with Crippen LogP contribution in [0.25, 0.3) is 11.1 Å². The summed E-state index contributed by atoms with van der Waals surface area (Å²) in [4.78, 5) is 4.31. The fourth-order valence-electron chi connectivity index (χ4n) is 1.65. The molecule has 0 radical (unpaired) electrons. The van der Waals surface area contributed by atoms with Gasteiger partial charge in [-0.3, -0.25) is 4.98 Å². The molecule has 1 atom stereocenters. The SMILES string of the molecule is CC(C)(C)[S+]([O-])N=Cc1ncccc1-c1ccc(Cl)cc1. The Hall–Kier alpha value is -1.36. The summed E-state index contributed by atoms with van der Waals surface area (Å²) in [6.45, 7) is 5.66. The highest BCUT2D eigenvalue weighted by Gasteiger charge is 2.26. The van der Waals surface area contributed by atoms with Crippen molar-refractivity contribution < 1.29 is 4.55 Å². The highest BCUT2D eigenvalue weighted by Crippen LogP contribution is 2.24. The minimum atomic E-state index is -1.30.